The zero-order chi connectivity index (χ0) is 12.9. The molecule has 0 bridgehead atoms. The smallest absolute Gasteiger partial charge is 0.119 e. The first kappa shape index (κ1) is 14.3. The molecule has 1 atom stereocenters. The van der Waals surface area contributed by atoms with Crippen LogP contribution in [0.4, 0.5) is 0 Å². The largest absolute Gasteiger partial charge is 0.491 e. The molecule has 0 aliphatic heterocycles. The molecule has 0 saturated heterocycles. The van der Waals surface area contributed by atoms with Crippen molar-refractivity contribution in [1.82, 2.24) is 5.32 Å². The molecule has 0 unspecified atom stereocenters. The second-order valence-electron chi connectivity index (χ2n) is 5.05. The van der Waals surface area contributed by atoms with Gasteiger partial charge in [0.1, 0.15) is 18.5 Å². The van der Waals surface area contributed by atoms with Gasteiger partial charge in [0.15, 0.2) is 0 Å². The van der Waals surface area contributed by atoms with Gasteiger partial charge in [-0.1, -0.05) is 11.6 Å². The number of aliphatic hydroxyl groups excluding tert-OH is 1. The molecule has 0 radical (unpaired) electrons. The lowest BCUT2D eigenvalue weighted by Gasteiger charge is -2.22. The van der Waals surface area contributed by atoms with Crippen LogP contribution >= 0.6 is 11.6 Å². The minimum Gasteiger partial charge on any atom is -0.491 e. The summed E-state index contributed by atoms with van der Waals surface area (Å²) >= 11 is 5.76. The van der Waals surface area contributed by atoms with E-state index < -0.39 is 6.10 Å². The lowest BCUT2D eigenvalue weighted by Crippen LogP contribution is -2.42. The average molecular weight is 258 g/mol. The van der Waals surface area contributed by atoms with E-state index in [1.807, 2.05) is 0 Å². The van der Waals surface area contributed by atoms with Crippen LogP contribution in [0.15, 0.2) is 24.3 Å². The highest BCUT2D eigenvalue weighted by Crippen LogP contribution is 2.15. The SMILES string of the molecule is CC(C)(C)NC[C@H](O)COc1ccc(Cl)cc1. The number of rotatable bonds is 5. The molecule has 0 aromatic heterocycles. The van der Waals surface area contributed by atoms with Gasteiger partial charge < -0.3 is 15.2 Å². The van der Waals surface area contributed by atoms with Gasteiger partial charge in [0.05, 0.1) is 0 Å². The maximum atomic E-state index is 9.71. The predicted molar refractivity (Wildman–Crippen MR) is 70.7 cm³/mol. The highest BCUT2D eigenvalue weighted by atomic mass is 35.5. The minimum absolute atomic E-state index is 0.00124. The number of hydrogen-bond donors (Lipinski definition) is 2. The van der Waals surface area contributed by atoms with Crippen molar-refractivity contribution in [3.05, 3.63) is 29.3 Å². The summed E-state index contributed by atoms with van der Waals surface area (Å²) in [5.41, 5.74) is 0.00124. The van der Waals surface area contributed by atoms with Crippen molar-refractivity contribution < 1.29 is 9.84 Å². The second-order valence-corrected chi connectivity index (χ2v) is 5.49. The van der Waals surface area contributed by atoms with Crippen LogP contribution in [0.25, 0.3) is 0 Å². The quantitative estimate of drug-likeness (QED) is 0.852. The van der Waals surface area contributed by atoms with Crippen LogP contribution in [-0.2, 0) is 0 Å². The van der Waals surface area contributed by atoms with Gasteiger partial charge in [0.25, 0.3) is 0 Å². The van der Waals surface area contributed by atoms with Crippen molar-refractivity contribution in [3.8, 4) is 5.75 Å². The third-order valence-electron chi connectivity index (χ3n) is 2.12. The molecule has 0 amide bonds. The Morgan fingerprint density at radius 2 is 1.88 bits per heavy atom. The fourth-order valence-corrected chi connectivity index (χ4v) is 1.33. The molecule has 2 N–H and O–H groups in total. The van der Waals surface area contributed by atoms with E-state index in [2.05, 4.69) is 26.1 Å². The molecule has 1 aromatic carbocycles. The fraction of sp³-hybridized carbons (Fsp3) is 0.538. The minimum atomic E-state index is -0.523. The summed E-state index contributed by atoms with van der Waals surface area (Å²) in [6.45, 7) is 6.95. The van der Waals surface area contributed by atoms with Crippen LogP contribution in [0, 0.1) is 0 Å². The van der Waals surface area contributed by atoms with Gasteiger partial charge in [-0.3, -0.25) is 0 Å². The van der Waals surface area contributed by atoms with Crippen LogP contribution in [-0.4, -0.2) is 29.9 Å². The first-order chi connectivity index (χ1) is 7.87. The number of ether oxygens (including phenoxy) is 1. The van der Waals surface area contributed by atoms with Crippen molar-refractivity contribution in [3.63, 3.8) is 0 Å². The van der Waals surface area contributed by atoms with Crippen LogP contribution in [0.3, 0.4) is 0 Å². The highest BCUT2D eigenvalue weighted by molar-refractivity contribution is 6.30. The van der Waals surface area contributed by atoms with Gasteiger partial charge >= 0.3 is 0 Å². The molecular weight excluding hydrogens is 238 g/mol. The van der Waals surface area contributed by atoms with Crippen molar-refractivity contribution in [2.24, 2.45) is 0 Å². The summed E-state index contributed by atoms with van der Waals surface area (Å²) < 4.78 is 5.44. The monoisotopic (exact) mass is 257 g/mol. The van der Waals surface area contributed by atoms with Gasteiger partial charge in [-0.2, -0.15) is 0 Å². The van der Waals surface area contributed by atoms with Crippen LogP contribution in [0.1, 0.15) is 20.8 Å². The number of nitrogens with one attached hydrogen (secondary N) is 1. The molecule has 0 fully saturated rings. The van der Waals surface area contributed by atoms with E-state index in [9.17, 15) is 5.11 Å². The Labute approximate surface area is 108 Å². The topological polar surface area (TPSA) is 41.5 Å². The van der Waals surface area contributed by atoms with Gasteiger partial charge in [-0.05, 0) is 45.0 Å². The molecule has 0 spiro atoms. The first-order valence-corrected chi connectivity index (χ1v) is 6.06. The Morgan fingerprint density at radius 3 is 2.41 bits per heavy atom. The third kappa shape index (κ3) is 6.51. The van der Waals surface area contributed by atoms with E-state index in [-0.39, 0.29) is 12.1 Å². The standard InChI is InChI=1S/C13H20ClNO2/c1-13(2,3)15-8-11(16)9-17-12-6-4-10(14)5-7-12/h4-7,11,15-16H,8-9H2,1-3H3/t11-/m0/s1. The summed E-state index contributed by atoms with van der Waals surface area (Å²) in [6, 6.07) is 7.09. The van der Waals surface area contributed by atoms with Crippen LogP contribution < -0.4 is 10.1 Å². The molecule has 0 heterocycles. The summed E-state index contributed by atoms with van der Waals surface area (Å²) in [5, 5.41) is 13.6. The van der Waals surface area contributed by atoms with E-state index >= 15 is 0 Å². The summed E-state index contributed by atoms with van der Waals surface area (Å²) in [6.07, 6.45) is -0.523. The Hall–Kier alpha value is -0.770. The van der Waals surface area contributed by atoms with Crippen molar-refractivity contribution in [1.29, 1.82) is 0 Å². The zero-order valence-corrected chi connectivity index (χ0v) is 11.3. The number of aliphatic hydroxyl groups is 1. The Morgan fingerprint density at radius 1 is 1.29 bits per heavy atom. The molecule has 1 aromatic rings. The molecule has 0 aliphatic rings. The van der Waals surface area contributed by atoms with E-state index in [1.165, 1.54) is 0 Å². The van der Waals surface area contributed by atoms with Crippen molar-refractivity contribution in [2.45, 2.75) is 32.4 Å². The summed E-state index contributed by atoms with van der Waals surface area (Å²) in [5.74, 6) is 0.712. The molecule has 0 saturated carbocycles. The zero-order valence-electron chi connectivity index (χ0n) is 10.5. The lowest BCUT2D eigenvalue weighted by molar-refractivity contribution is 0.100. The Kier molecular flexibility index (Phi) is 5.25. The van der Waals surface area contributed by atoms with Gasteiger partial charge in [-0.15, -0.1) is 0 Å². The number of halogens is 1. The molecule has 0 aliphatic carbocycles. The third-order valence-corrected chi connectivity index (χ3v) is 2.38. The average Bonchev–Trinajstić information content (AvgIpc) is 2.25. The van der Waals surface area contributed by atoms with Crippen LogP contribution in [0.5, 0.6) is 5.75 Å². The summed E-state index contributed by atoms with van der Waals surface area (Å²) in [4.78, 5) is 0. The van der Waals surface area contributed by atoms with E-state index in [0.29, 0.717) is 17.3 Å². The van der Waals surface area contributed by atoms with E-state index in [4.69, 9.17) is 16.3 Å². The first-order valence-electron chi connectivity index (χ1n) is 5.68. The Balaban J connectivity index is 2.28. The molecule has 3 nitrogen and oxygen atoms in total. The van der Waals surface area contributed by atoms with Crippen molar-refractivity contribution >= 4 is 11.6 Å². The maximum absolute atomic E-state index is 9.71. The van der Waals surface area contributed by atoms with E-state index in [0.717, 1.165) is 0 Å². The molecule has 96 valence electrons. The van der Waals surface area contributed by atoms with Gasteiger partial charge in [-0.25, -0.2) is 0 Å². The lowest BCUT2D eigenvalue weighted by atomic mass is 10.1. The number of benzene rings is 1. The van der Waals surface area contributed by atoms with Crippen LogP contribution in [0.2, 0.25) is 5.02 Å². The highest BCUT2D eigenvalue weighted by Gasteiger charge is 2.12. The second kappa shape index (κ2) is 6.24. The molecular formula is C13H20ClNO2. The van der Waals surface area contributed by atoms with Gasteiger partial charge in [0, 0.05) is 17.1 Å². The normalized spacial score (nSPS) is 13.5. The van der Waals surface area contributed by atoms with E-state index in [1.54, 1.807) is 24.3 Å². The molecule has 1 rings (SSSR count). The fourth-order valence-electron chi connectivity index (χ4n) is 1.21. The van der Waals surface area contributed by atoms with Crippen molar-refractivity contribution in [2.75, 3.05) is 13.2 Å². The molecule has 17 heavy (non-hydrogen) atoms. The molecule has 4 heteroatoms. The number of hydrogen-bond acceptors (Lipinski definition) is 3. The maximum Gasteiger partial charge on any atom is 0.119 e. The Bertz CT molecular complexity index is 332. The summed E-state index contributed by atoms with van der Waals surface area (Å²) in [7, 11) is 0. The van der Waals surface area contributed by atoms with Gasteiger partial charge in [0.2, 0.25) is 0 Å². The predicted octanol–water partition coefficient (Wildman–Crippen LogP) is 2.47. The number of β-amino-alcohol motifs (C(OH)–C–C–N with tert-alkyl or cyclic N) is 1.